The maximum absolute atomic E-state index is 11.7. The van der Waals surface area contributed by atoms with Gasteiger partial charge < -0.3 is 0 Å². The van der Waals surface area contributed by atoms with Crippen LogP contribution in [-0.4, -0.2) is 10.5 Å². The number of rotatable bonds is 1. The molecule has 11 heavy (non-hydrogen) atoms. The Morgan fingerprint density at radius 3 is 2.55 bits per heavy atom. The molecule has 1 radical (unpaired) electrons. The van der Waals surface area contributed by atoms with Gasteiger partial charge in [0.15, 0.2) is 0 Å². The number of nitrogens with zero attached hydrogens (tertiary/aromatic N) is 1. The Bertz CT molecular complexity index is 240. The molecule has 61 valence electrons. The van der Waals surface area contributed by atoms with E-state index in [0.29, 0.717) is 5.69 Å². The third kappa shape index (κ3) is 2.88. The van der Waals surface area contributed by atoms with E-state index in [4.69, 9.17) is 0 Å². The number of hydrogen-bond donors (Lipinski definition) is 0. The van der Waals surface area contributed by atoms with Crippen LogP contribution in [0, 0.1) is 13.3 Å². The number of aryl methyl sites for hydroxylation is 1. The minimum Gasteiger partial charge on any atom is -0.198 e. The number of aromatic nitrogens is 1. The van der Waals surface area contributed by atoms with Crippen molar-refractivity contribution >= 4 is 11.5 Å². The first-order chi connectivity index (χ1) is 4.97. The number of alkyl halides is 3. The predicted octanol–water partition coefficient (Wildman–Crippen LogP) is 2.57. The highest BCUT2D eigenvalue weighted by molar-refractivity contribution is 7.06. The van der Waals surface area contributed by atoms with Crippen molar-refractivity contribution in [3.05, 3.63) is 23.1 Å². The van der Waals surface area contributed by atoms with E-state index < -0.39 is 6.18 Å². The minimum atomic E-state index is -4.24. The summed E-state index contributed by atoms with van der Waals surface area (Å²) in [4.78, 5) is 0.148. The van der Waals surface area contributed by atoms with Gasteiger partial charge in [0.25, 0.3) is 0 Å². The molecule has 1 aromatic heterocycles. The monoisotopic (exact) mass is 180 g/mol. The van der Waals surface area contributed by atoms with Crippen molar-refractivity contribution in [1.82, 2.24) is 4.37 Å². The average molecular weight is 180 g/mol. The van der Waals surface area contributed by atoms with Crippen LogP contribution in [-0.2, 0) is 0 Å². The lowest BCUT2D eigenvalue weighted by atomic mass is 10.3. The molecule has 0 aromatic carbocycles. The lowest BCUT2D eigenvalue weighted by Gasteiger charge is -2.00. The van der Waals surface area contributed by atoms with Gasteiger partial charge in [0.1, 0.15) is 6.42 Å². The molecule has 1 heterocycles. The van der Waals surface area contributed by atoms with E-state index >= 15 is 0 Å². The van der Waals surface area contributed by atoms with Crippen LogP contribution >= 0.6 is 11.5 Å². The van der Waals surface area contributed by atoms with Crippen LogP contribution < -0.4 is 0 Å². The summed E-state index contributed by atoms with van der Waals surface area (Å²) in [5.74, 6) is 0. The molecular weight excluding hydrogens is 175 g/mol. The summed E-state index contributed by atoms with van der Waals surface area (Å²) in [5, 5.41) is 0. The Balaban J connectivity index is 2.65. The van der Waals surface area contributed by atoms with Gasteiger partial charge in [-0.25, -0.2) is 0 Å². The van der Waals surface area contributed by atoms with Crippen LogP contribution in [0.3, 0.4) is 0 Å². The molecule has 0 bridgehead atoms. The number of hydrogen-bond acceptors (Lipinski definition) is 2. The molecule has 0 atom stereocenters. The van der Waals surface area contributed by atoms with E-state index in [-0.39, 0.29) is 11.3 Å². The van der Waals surface area contributed by atoms with Gasteiger partial charge in [-0.2, -0.15) is 17.5 Å². The second kappa shape index (κ2) is 2.81. The van der Waals surface area contributed by atoms with Crippen molar-refractivity contribution in [2.75, 3.05) is 0 Å². The fourth-order valence-corrected chi connectivity index (χ4v) is 1.32. The van der Waals surface area contributed by atoms with E-state index in [1.54, 1.807) is 6.92 Å². The predicted molar refractivity (Wildman–Crippen MR) is 36.3 cm³/mol. The van der Waals surface area contributed by atoms with Gasteiger partial charge in [-0.3, -0.25) is 0 Å². The molecule has 0 saturated heterocycles. The van der Waals surface area contributed by atoms with Gasteiger partial charge in [-0.05, 0) is 24.5 Å². The standard InChI is InChI=1S/C6H5F3NS/c1-4-2-5(11-10-4)3-6(7,8)9/h2-3H,1H3. The maximum Gasteiger partial charge on any atom is 0.397 e. The Labute approximate surface area is 66.0 Å². The lowest BCUT2D eigenvalue weighted by Crippen LogP contribution is -2.07. The third-order valence-corrected chi connectivity index (χ3v) is 1.78. The second-order valence-corrected chi connectivity index (χ2v) is 2.89. The largest absolute Gasteiger partial charge is 0.397 e. The fourth-order valence-electron chi connectivity index (χ4n) is 0.613. The molecule has 5 heteroatoms. The molecule has 0 aliphatic carbocycles. The normalized spacial score (nSPS) is 12.0. The maximum atomic E-state index is 11.7. The zero-order valence-corrected chi connectivity index (χ0v) is 6.46. The molecule has 0 unspecified atom stereocenters. The summed E-state index contributed by atoms with van der Waals surface area (Å²) in [6.45, 7) is 1.66. The average Bonchev–Trinajstić information content (AvgIpc) is 2.10. The topological polar surface area (TPSA) is 12.9 Å². The lowest BCUT2D eigenvalue weighted by molar-refractivity contribution is -0.0924. The molecule has 0 fully saturated rings. The Morgan fingerprint density at radius 2 is 2.18 bits per heavy atom. The van der Waals surface area contributed by atoms with Gasteiger partial charge in [0.2, 0.25) is 0 Å². The Kier molecular flexibility index (Phi) is 2.17. The minimum absolute atomic E-state index is 0.148. The quantitative estimate of drug-likeness (QED) is 0.647. The molecule has 1 rings (SSSR count). The molecule has 0 N–H and O–H groups in total. The van der Waals surface area contributed by atoms with Gasteiger partial charge >= 0.3 is 6.18 Å². The van der Waals surface area contributed by atoms with Crippen LogP contribution in [0.2, 0.25) is 0 Å². The van der Waals surface area contributed by atoms with Gasteiger partial charge in [-0.15, -0.1) is 0 Å². The molecular formula is C6H5F3NS. The van der Waals surface area contributed by atoms with E-state index in [2.05, 4.69) is 4.37 Å². The van der Waals surface area contributed by atoms with Crippen molar-refractivity contribution in [1.29, 1.82) is 0 Å². The van der Waals surface area contributed by atoms with E-state index in [9.17, 15) is 13.2 Å². The summed E-state index contributed by atoms with van der Waals surface area (Å²) in [6, 6.07) is 1.40. The Hall–Kier alpha value is -0.580. The van der Waals surface area contributed by atoms with E-state index in [1.807, 2.05) is 0 Å². The zero-order chi connectivity index (χ0) is 8.48. The van der Waals surface area contributed by atoms with Crippen LogP contribution in [0.4, 0.5) is 13.2 Å². The molecule has 0 aliphatic heterocycles. The van der Waals surface area contributed by atoms with Gasteiger partial charge in [-0.1, -0.05) is 0 Å². The molecule has 0 spiro atoms. The zero-order valence-electron chi connectivity index (χ0n) is 5.64. The summed E-state index contributed by atoms with van der Waals surface area (Å²) in [6.07, 6.45) is -3.99. The highest BCUT2D eigenvalue weighted by Gasteiger charge is 2.29. The highest BCUT2D eigenvalue weighted by Crippen LogP contribution is 2.25. The molecule has 1 aromatic rings. The van der Waals surface area contributed by atoms with Crippen molar-refractivity contribution in [2.24, 2.45) is 0 Å². The number of halogens is 3. The molecule has 0 saturated carbocycles. The molecule has 1 nitrogen and oxygen atoms in total. The summed E-state index contributed by atoms with van der Waals surface area (Å²) >= 11 is 0.851. The van der Waals surface area contributed by atoms with Crippen molar-refractivity contribution in [2.45, 2.75) is 13.1 Å². The molecule has 0 aliphatic rings. The summed E-state index contributed by atoms with van der Waals surface area (Å²) in [7, 11) is 0. The van der Waals surface area contributed by atoms with Crippen LogP contribution in [0.15, 0.2) is 6.07 Å². The fraction of sp³-hybridized carbons (Fsp3) is 0.333. The van der Waals surface area contributed by atoms with Crippen molar-refractivity contribution in [3.63, 3.8) is 0 Å². The first-order valence-corrected chi connectivity index (χ1v) is 3.61. The second-order valence-electron chi connectivity index (χ2n) is 2.06. The van der Waals surface area contributed by atoms with Crippen molar-refractivity contribution < 1.29 is 13.2 Å². The van der Waals surface area contributed by atoms with Crippen LogP contribution in [0.5, 0.6) is 0 Å². The first kappa shape index (κ1) is 8.52. The SMILES string of the molecule is Cc1cc([CH]C(F)(F)F)sn1. The smallest absolute Gasteiger partial charge is 0.198 e. The highest BCUT2D eigenvalue weighted by atomic mass is 32.1. The molecule has 0 amide bonds. The first-order valence-electron chi connectivity index (χ1n) is 2.83. The van der Waals surface area contributed by atoms with Gasteiger partial charge in [0, 0.05) is 4.88 Å². The van der Waals surface area contributed by atoms with Crippen LogP contribution in [0.25, 0.3) is 0 Å². The van der Waals surface area contributed by atoms with E-state index in [1.165, 1.54) is 6.07 Å². The van der Waals surface area contributed by atoms with Gasteiger partial charge in [0.05, 0.1) is 5.69 Å². The summed E-state index contributed by atoms with van der Waals surface area (Å²) in [5.41, 5.74) is 0.616. The Morgan fingerprint density at radius 1 is 1.55 bits per heavy atom. The van der Waals surface area contributed by atoms with Crippen LogP contribution in [0.1, 0.15) is 10.6 Å². The summed E-state index contributed by atoms with van der Waals surface area (Å²) < 4.78 is 38.7. The third-order valence-electron chi connectivity index (χ3n) is 0.952. The van der Waals surface area contributed by atoms with E-state index in [0.717, 1.165) is 11.5 Å². The van der Waals surface area contributed by atoms with Crippen molar-refractivity contribution in [3.8, 4) is 0 Å².